The minimum absolute atomic E-state index is 0.290. The van der Waals surface area contributed by atoms with E-state index in [0.29, 0.717) is 12.1 Å². The smallest absolute Gasteiger partial charge is 0.416 e. The molecule has 0 aliphatic carbocycles. The van der Waals surface area contributed by atoms with E-state index in [-0.39, 0.29) is 5.56 Å². The van der Waals surface area contributed by atoms with Crippen molar-refractivity contribution < 1.29 is 32.3 Å². The lowest BCUT2D eigenvalue weighted by Gasteiger charge is -2.22. The summed E-state index contributed by atoms with van der Waals surface area (Å²) >= 11 is 0. The fourth-order valence-corrected chi connectivity index (χ4v) is 1.42. The van der Waals surface area contributed by atoms with Gasteiger partial charge in [0.2, 0.25) is 6.17 Å². The summed E-state index contributed by atoms with van der Waals surface area (Å²) in [5.41, 5.74) is -2.95. The standard InChI is InChI=1S/C13H13F4NO3/c1-12(2,11(20)21)18-10(19)9(14)7-3-5-8(6-4-7)13(15,16)17/h3-6,9H,1-2H3,(H,18,19)(H,20,21). The number of hydrogen-bond donors (Lipinski definition) is 2. The number of carbonyl (C=O) groups is 2. The van der Waals surface area contributed by atoms with Gasteiger partial charge in [-0.3, -0.25) is 4.79 Å². The summed E-state index contributed by atoms with van der Waals surface area (Å²) in [6, 6.07) is 2.97. The molecule has 0 bridgehead atoms. The molecule has 0 heterocycles. The lowest BCUT2D eigenvalue weighted by molar-refractivity contribution is -0.147. The van der Waals surface area contributed by atoms with E-state index < -0.39 is 35.3 Å². The molecule has 0 saturated heterocycles. The average molecular weight is 307 g/mol. The van der Waals surface area contributed by atoms with Gasteiger partial charge in [0.05, 0.1) is 5.56 Å². The van der Waals surface area contributed by atoms with Gasteiger partial charge < -0.3 is 10.4 Å². The third kappa shape index (κ3) is 4.17. The molecule has 1 amide bonds. The van der Waals surface area contributed by atoms with Crippen molar-refractivity contribution in [1.29, 1.82) is 0 Å². The Balaban J connectivity index is 2.87. The second kappa shape index (κ2) is 5.71. The van der Waals surface area contributed by atoms with E-state index in [1.165, 1.54) is 0 Å². The highest BCUT2D eigenvalue weighted by Crippen LogP contribution is 2.30. The third-order valence-electron chi connectivity index (χ3n) is 2.73. The van der Waals surface area contributed by atoms with E-state index in [1.54, 1.807) is 0 Å². The SMILES string of the molecule is CC(C)(NC(=O)C(F)c1ccc(C(F)(F)F)cc1)C(=O)O. The molecule has 1 aromatic rings. The highest BCUT2D eigenvalue weighted by Gasteiger charge is 2.33. The quantitative estimate of drug-likeness (QED) is 0.841. The van der Waals surface area contributed by atoms with Crippen LogP contribution >= 0.6 is 0 Å². The van der Waals surface area contributed by atoms with Crippen LogP contribution in [0.4, 0.5) is 17.6 Å². The highest BCUT2D eigenvalue weighted by atomic mass is 19.4. The van der Waals surface area contributed by atoms with Crippen molar-refractivity contribution in [3.63, 3.8) is 0 Å². The van der Waals surface area contributed by atoms with Crippen LogP contribution in [0.2, 0.25) is 0 Å². The molecular weight excluding hydrogens is 294 g/mol. The molecule has 0 radical (unpaired) electrons. The van der Waals surface area contributed by atoms with Crippen molar-refractivity contribution in [2.24, 2.45) is 0 Å². The number of carbonyl (C=O) groups excluding carboxylic acids is 1. The van der Waals surface area contributed by atoms with E-state index in [9.17, 15) is 27.2 Å². The number of halogens is 4. The normalized spacial score (nSPS) is 13.6. The van der Waals surface area contributed by atoms with Crippen LogP contribution < -0.4 is 5.32 Å². The number of alkyl halides is 4. The third-order valence-corrected chi connectivity index (χ3v) is 2.73. The monoisotopic (exact) mass is 307 g/mol. The lowest BCUT2D eigenvalue weighted by atomic mass is 10.0. The van der Waals surface area contributed by atoms with Gasteiger partial charge in [-0.2, -0.15) is 13.2 Å². The van der Waals surface area contributed by atoms with Crippen molar-refractivity contribution in [3.8, 4) is 0 Å². The summed E-state index contributed by atoms with van der Waals surface area (Å²) in [7, 11) is 0. The molecular formula is C13H13F4NO3. The molecule has 0 spiro atoms. The number of carboxylic acid groups (broad SMARTS) is 1. The van der Waals surface area contributed by atoms with E-state index >= 15 is 0 Å². The maximum Gasteiger partial charge on any atom is 0.416 e. The predicted octanol–water partition coefficient (Wildman–Crippen LogP) is 2.70. The molecule has 1 rings (SSSR count). The summed E-state index contributed by atoms with van der Waals surface area (Å²) in [5.74, 6) is -2.60. The molecule has 1 atom stereocenters. The first kappa shape index (κ1) is 16.9. The maximum atomic E-state index is 13.9. The van der Waals surface area contributed by atoms with Crippen molar-refractivity contribution in [3.05, 3.63) is 35.4 Å². The first-order chi connectivity index (χ1) is 9.45. The van der Waals surface area contributed by atoms with Crippen LogP contribution in [0.3, 0.4) is 0 Å². The van der Waals surface area contributed by atoms with Crippen LogP contribution in [0.25, 0.3) is 0 Å². The molecule has 0 saturated carbocycles. The molecule has 4 nitrogen and oxygen atoms in total. The number of aliphatic carboxylic acids is 1. The largest absolute Gasteiger partial charge is 0.480 e. The molecule has 8 heteroatoms. The van der Waals surface area contributed by atoms with Crippen LogP contribution in [0.1, 0.15) is 31.1 Å². The van der Waals surface area contributed by atoms with Crippen LogP contribution in [-0.4, -0.2) is 22.5 Å². The van der Waals surface area contributed by atoms with Crippen LogP contribution in [0, 0.1) is 0 Å². The number of carboxylic acids is 1. The lowest BCUT2D eigenvalue weighted by Crippen LogP contribution is -2.50. The molecule has 0 aliphatic rings. The van der Waals surface area contributed by atoms with E-state index in [4.69, 9.17) is 5.11 Å². The Morgan fingerprint density at radius 2 is 1.62 bits per heavy atom. The second-order valence-electron chi connectivity index (χ2n) is 4.90. The Kier molecular flexibility index (Phi) is 4.60. The zero-order chi connectivity index (χ0) is 16.4. The fourth-order valence-electron chi connectivity index (χ4n) is 1.42. The molecule has 0 aliphatic heterocycles. The van der Waals surface area contributed by atoms with Gasteiger partial charge in [-0.05, 0) is 31.5 Å². The van der Waals surface area contributed by atoms with Gasteiger partial charge in [0.15, 0.2) is 0 Å². The van der Waals surface area contributed by atoms with E-state index in [1.807, 2.05) is 5.32 Å². The molecule has 1 aromatic carbocycles. The zero-order valence-corrected chi connectivity index (χ0v) is 11.2. The Labute approximate surface area is 117 Å². The number of benzene rings is 1. The molecule has 1 unspecified atom stereocenters. The summed E-state index contributed by atoms with van der Waals surface area (Å²) in [6.07, 6.45) is -6.82. The molecule has 2 N–H and O–H groups in total. The van der Waals surface area contributed by atoms with Crippen LogP contribution in [0.15, 0.2) is 24.3 Å². The first-order valence-corrected chi connectivity index (χ1v) is 5.82. The zero-order valence-electron chi connectivity index (χ0n) is 11.2. The molecule has 21 heavy (non-hydrogen) atoms. The van der Waals surface area contributed by atoms with Gasteiger partial charge in [0.1, 0.15) is 5.54 Å². The van der Waals surface area contributed by atoms with E-state index in [2.05, 4.69) is 0 Å². The van der Waals surface area contributed by atoms with Crippen LogP contribution in [-0.2, 0) is 15.8 Å². The van der Waals surface area contributed by atoms with Crippen molar-refractivity contribution in [1.82, 2.24) is 5.32 Å². The van der Waals surface area contributed by atoms with Crippen molar-refractivity contribution in [2.75, 3.05) is 0 Å². The average Bonchev–Trinajstić information content (AvgIpc) is 2.36. The van der Waals surface area contributed by atoms with Crippen molar-refractivity contribution >= 4 is 11.9 Å². The van der Waals surface area contributed by atoms with Gasteiger partial charge >= 0.3 is 12.1 Å². The Morgan fingerprint density at radius 3 is 2.00 bits per heavy atom. The maximum absolute atomic E-state index is 13.9. The number of rotatable bonds is 4. The van der Waals surface area contributed by atoms with Crippen molar-refractivity contribution in [2.45, 2.75) is 31.7 Å². The minimum atomic E-state index is -4.56. The van der Waals surface area contributed by atoms with Gasteiger partial charge in [0.25, 0.3) is 5.91 Å². The number of hydrogen-bond acceptors (Lipinski definition) is 2. The number of nitrogens with one attached hydrogen (secondary N) is 1. The Morgan fingerprint density at radius 1 is 1.14 bits per heavy atom. The van der Waals surface area contributed by atoms with Gasteiger partial charge in [-0.15, -0.1) is 0 Å². The van der Waals surface area contributed by atoms with Gasteiger partial charge in [0, 0.05) is 0 Å². The summed E-state index contributed by atoms with van der Waals surface area (Å²) in [6.45, 7) is 2.32. The minimum Gasteiger partial charge on any atom is -0.480 e. The molecule has 0 aromatic heterocycles. The molecule has 0 fully saturated rings. The summed E-state index contributed by atoms with van der Waals surface area (Å²) in [5, 5.41) is 10.8. The fraction of sp³-hybridized carbons (Fsp3) is 0.385. The van der Waals surface area contributed by atoms with Gasteiger partial charge in [-0.25, -0.2) is 9.18 Å². The van der Waals surface area contributed by atoms with E-state index in [0.717, 1.165) is 26.0 Å². The van der Waals surface area contributed by atoms with Crippen LogP contribution in [0.5, 0.6) is 0 Å². The second-order valence-corrected chi connectivity index (χ2v) is 4.90. The first-order valence-electron chi connectivity index (χ1n) is 5.82. The van der Waals surface area contributed by atoms with Gasteiger partial charge in [-0.1, -0.05) is 12.1 Å². The topological polar surface area (TPSA) is 66.4 Å². The summed E-state index contributed by atoms with van der Waals surface area (Å²) in [4.78, 5) is 22.4. The molecule has 116 valence electrons. The predicted molar refractivity (Wildman–Crippen MR) is 65.2 cm³/mol. The number of amides is 1. The Hall–Kier alpha value is -2.12. The highest BCUT2D eigenvalue weighted by molar-refractivity contribution is 5.89. The summed E-state index contributed by atoms with van der Waals surface area (Å²) < 4.78 is 50.9. The Bertz CT molecular complexity index is 537.